The molecule has 0 spiro atoms. The molecule has 0 radical (unpaired) electrons. The van der Waals surface area contributed by atoms with Gasteiger partial charge in [0.1, 0.15) is 0 Å². The maximum atomic E-state index is 4.54. The van der Waals surface area contributed by atoms with Crippen molar-refractivity contribution in [1.82, 2.24) is 5.01 Å². The molecule has 2 aromatic carbocycles. The molecule has 0 saturated carbocycles. The molecule has 0 aromatic heterocycles. The second-order valence-corrected chi connectivity index (χ2v) is 6.06. The number of benzene rings is 2. The van der Waals surface area contributed by atoms with Crippen molar-refractivity contribution >= 4 is 11.8 Å². The summed E-state index contributed by atoms with van der Waals surface area (Å²) in [5.74, 6) is 0. The Morgan fingerprint density at radius 2 is 1.35 bits per heavy atom. The van der Waals surface area contributed by atoms with Crippen LogP contribution in [-0.2, 0) is 0 Å². The zero-order valence-electron chi connectivity index (χ0n) is 14.3. The maximum Gasteiger partial charge on any atom is 0.0952 e. The zero-order chi connectivity index (χ0) is 16.7. The molecule has 0 amide bonds. The summed E-state index contributed by atoms with van der Waals surface area (Å²) in [6.45, 7) is 8.51. The van der Waals surface area contributed by atoms with Crippen LogP contribution in [0, 0.1) is 0 Å². The normalized spacial score (nSPS) is 12.3. The van der Waals surface area contributed by atoms with Crippen LogP contribution >= 0.6 is 0 Å². The van der Waals surface area contributed by atoms with Crippen LogP contribution < -0.4 is 0 Å². The third kappa shape index (κ3) is 5.06. The molecular formula is C20H25N3. The summed E-state index contributed by atoms with van der Waals surface area (Å²) in [4.78, 5) is 0. The third-order valence-electron chi connectivity index (χ3n) is 3.49. The molecule has 23 heavy (non-hydrogen) atoms. The lowest BCUT2D eigenvalue weighted by Gasteiger charge is -2.25. The van der Waals surface area contributed by atoms with Gasteiger partial charge in [0.05, 0.1) is 5.70 Å². The highest BCUT2D eigenvalue weighted by molar-refractivity contribution is 5.80. The summed E-state index contributed by atoms with van der Waals surface area (Å²) in [6.07, 6.45) is 2.07. The molecule has 2 aromatic rings. The van der Waals surface area contributed by atoms with Crippen LogP contribution in [0.1, 0.15) is 38.8 Å². The first-order chi connectivity index (χ1) is 11.1. The highest BCUT2D eigenvalue weighted by Gasteiger charge is 2.11. The van der Waals surface area contributed by atoms with Crippen molar-refractivity contribution in [2.24, 2.45) is 10.3 Å². The van der Waals surface area contributed by atoms with Gasteiger partial charge in [-0.2, -0.15) is 0 Å². The van der Waals surface area contributed by atoms with Crippen LogP contribution in [0.15, 0.2) is 71.0 Å². The Kier molecular flexibility index (Phi) is 6.10. The van der Waals surface area contributed by atoms with Gasteiger partial charge in [0.25, 0.3) is 0 Å². The second kappa shape index (κ2) is 8.28. The molecule has 0 aliphatic carbocycles. The van der Waals surface area contributed by atoms with Crippen molar-refractivity contribution in [3.63, 3.8) is 0 Å². The van der Waals surface area contributed by atoms with Crippen LogP contribution in [0.3, 0.4) is 0 Å². The van der Waals surface area contributed by atoms with Crippen LogP contribution in [0.25, 0.3) is 11.8 Å². The molecule has 0 atom stereocenters. The molecule has 0 aliphatic heterocycles. The second-order valence-electron chi connectivity index (χ2n) is 6.06. The third-order valence-corrected chi connectivity index (χ3v) is 3.49. The molecule has 0 bridgehead atoms. The fourth-order valence-electron chi connectivity index (χ4n) is 2.39. The number of rotatable bonds is 6. The van der Waals surface area contributed by atoms with Gasteiger partial charge in [-0.05, 0) is 39.3 Å². The Morgan fingerprint density at radius 3 is 1.87 bits per heavy atom. The maximum absolute atomic E-state index is 4.54. The van der Waals surface area contributed by atoms with Gasteiger partial charge in [0, 0.05) is 17.6 Å². The van der Waals surface area contributed by atoms with E-state index in [4.69, 9.17) is 0 Å². The number of nitrogens with zero attached hydrogens (tertiary/aromatic N) is 3. The lowest BCUT2D eigenvalue weighted by molar-refractivity contribution is 0.170. The smallest absolute Gasteiger partial charge is 0.0952 e. The first-order valence-corrected chi connectivity index (χ1v) is 8.10. The van der Waals surface area contributed by atoms with Gasteiger partial charge in [-0.25, -0.2) is 0 Å². The Hall–Kier alpha value is -2.42. The van der Waals surface area contributed by atoms with Crippen LogP contribution in [0.4, 0.5) is 0 Å². The molecular weight excluding hydrogens is 282 g/mol. The highest BCUT2D eigenvalue weighted by atomic mass is 15.6. The van der Waals surface area contributed by atoms with Crippen molar-refractivity contribution in [1.29, 1.82) is 0 Å². The minimum absolute atomic E-state index is 0.312. The van der Waals surface area contributed by atoms with Crippen LogP contribution in [0.2, 0.25) is 0 Å². The van der Waals surface area contributed by atoms with E-state index in [1.165, 1.54) is 0 Å². The summed E-state index contributed by atoms with van der Waals surface area (Å²) >= 11 is 0. The molecule has 3 heteroatoms. The minimum Gasteiger partial charge on any atom is -0.273 e. The Balaban J connectivity index is 2.37. The summed E-state index contributed by atoms with van der Waals surface area (Å²) in [5.41, 5.74) is 3.04. The van der Waals surface area contributed by atoms with Gasteiger partial charge in [-0.3, -0.25) is 5.01 Å². The SMILES string of the molecule is CC(C)N(N=NC(=Cc1ccccc1)c1ccccc1)C(C)C. The fourth-order valence-corrected chi connectivity index (χ4v) is 2.39. The summed E-state index contributed by atoms with van der Waals surface area (Å²) in [7, 11) is 0. The average Bonchev–Trinajstić information content (AvgIpc) is 2.55. The van der Waals surface area contributed by atoms with Gasteiger partial charge in [0.15, 0.2) is 0 Å². The first-order valence-electron chi connectivity index (χ1n) is 8.10. The Morgan fingerprint density at radius 1 is 0.826 bits per heavy atom. The molecule has 0 fully saturated rings. The number of hydrogen-bond acceptors (Lipinski definition) is 2. The molecule has 2 rings (SSSR count). The summed E-state index contributed by atoms with van der Waals surface area (Å²) < 4.78 is 0. The number of hydrogen-bond donors (Lipinski definition) is 0. The molecule has 0 aliphatic rings. The van der Waals surface area contributed by atoms with Crippen LogP contribution in [-0.4, -0.2) is 17.1 Å². The largest absolute Gasteiger partial charge is 0.273 e. The van der Waals surface area contributed by atoms with E-state index in [-0.39, 0.29) is 0 Å². The highest BCUT2D eigenvalue weighted by Crippen LogP contribution is 2.21. The Labute approximate surface area is 139 Å². The molecule has 120 valence electrons. The van der Waals surface area contributed by atoms with Gasteiger partial charge >= 0.3 is 0 Å². The van der Waals surface area contributed by atoms with Gasteiger partial charge in [-0.1, -0.05) is 65.9 Å². The lowest BCUT2D eigenvalue weighted by atomic mass is 10.1. The van der Waals surface area contributed by atoms with Crippen molar-refractivity contribution in [3.8, 4) is 0 Å². The van der Waals surface area contributed by atoms with E-state index < -0.39 is 0 Å². The monoisotopic (exact) mass is 307 g/mol. The quantitative estimate of drug-likeness (QED) is 0.384. The minimum atomic E-state index is 0.312. The van der Waals surface area contributed by atoms with E-state index in [1.807, 2.05) is 41.4 Å². The van der Waals surface area contributed by atoms with E-state index in [9.17, 15) is 0 Å². The zero-order valence-corrected chi connectivity index (χ0v) is 14.3. The molecule has 0 N–H and O–H groups in total. The topological polar surface area (TPSA) is 28.0 Å². The van der Waals surface area contributed by atoms with E-state index in [1.54, 1.807) is 0 Å². The van der Waals surface area contributed by atoms with E-state index >= 15 is 0 Å². The predicted octanol–water partition coefficient (Wildman–Crippen LogP) is 5.67. The van der Waals surface area contributed by atoms with E-state index in [2.05, 4.69) is 68.4 Å². The first kappa shape index (κ1) is 16.9. The molecule has 0 heterocycles. The van der Waals surface area contributed by atoms with Crippen molar-refractivity contribution in [2.45, 2.75) is 39.8 Å². The summed E-state index contributed by atoms with van der Waals surface area (Å²) in [6, 6.07) is 21.0. The standard InChI is InChI=1S/C20H25N3/c1-16(2)23(17(3)4)22-21-20(19-13-9-6-10-14-19)15-18-11-7-5-8-12-18/h5-17H,1-4H3. The summed E-state index contributed by atoms with van der Waals surface area (Å²) in [5, 5.41) is 11.0. The molecule has 0 saturated heterocycles. The fraction of sp³-hybridized carbons (Fsp3) is 0.300. The Bertz CT molecular complexity index is 635. The van der Waals surface area contributed by atoms with Crippen molar-refractivity contribution in [3.05, 3.63) is 71.8 Å². The molecule has 0 unspecified atom stereocenters. The van der Waals surface area contributed by atoms with Crippen molar-refractivity contribution in [2.75, 3.05) is 0 Å². The van der Waals surface area contributed by atoms with Crippen LogP contribution in [0.5, 0.6) is 0 Å². The molecule has 3 nitrogen and oxygen atoms in total. The average molecular weight is 307 g/mol. The van der Waals surface area contributed by atoms with Gasteiger partial charge in [-0.15, -0.1) is 5.11 Å². The van der Waals surface area contributed by atoms with Crippen molar-refractivity contribution < 1.29 is 0 Å². The van der Waals surface area contributed by atoms with E-state index in [0.717, 1.165) is 16.8 Å². The van der Waals surface area contributed by atoms with E-state index in [0.29, 0.717) is 12.1 Å². The van der Waals surface area contributed by atoms with Gasteiger partial charge in [0.2, 0.25) is 0 Å². The predicted molar refractivity (Wildman–Crippen MR) is 97.7 cm³/mol. The van der Waals surface area contributed by atoms with Gasteiger partial charge < -0.3 is 0 Å². The lowest BCUT2D eigenvalue weighted by Crippen LogP contribution is -2.31.